The van der Waals surface area contributed by atoms with Gasteiger partial charge < -0.3 is 9.64 Å². The van der Waals surface area contributed by atoms with Gasteiger partial charge in [0.1, 0.15) is 6.10 Å². The first-order chi connectivity index (χ1) is 12.0. The lowest BCUT2D eigenvalue weighted by Crippen LogP contribution is -2.40. The second-order valence-electron chi connectivity index (χ2n) is 7.14. The Morgan fingerprint density at radius 2 is 2.00 bits per heavy atom. The highest BCUT2D eigenvalue weighted by atomic mass is 35.5. The molecule has 138 valence electrons. The maximum Gasteiger partial charge on any atom is 0.410 e. The molecule has 4 nitrogen and oxygen atoms in total. The molecule has 1 amide bonds. The van der Waals surface area contributed by atoms with Crippen LogP contribution in [0.1, 0.15) is 31.7 Å². The minimum atomic E-state index is -0.155. The summed E-state index contributed by atoms with van der Waals surface area (Å²) in [6.07, 6.45) is 4.09. The molecule has 0 bridgehead atoms. The third-order valence-electron chi connectivity index (χ3n) is 5.13. The number of ether oxygens (including phenoxy) is 1. The van der Waals surface area contributed by atoms with Crippen LogP contribution >= 0.6 is 23.2 Å². The lowest BCUT2D eigenvalue weighted by atomic mass is 9.90. The van der Waals surface area contributed by atoms with Gasteiger partial charge in [-0.1, -0.05) is 30.1 Å². The molecule has 1 aromatic rings. The summed E-state index contributed by atoms with van der Waals surface area (Å²) in [6, 6.07) is 5.70. The Morgan fingerprint density at radius 1 is 1.24 bits per heavy atom. The highest BCUT2D eigenvalue weighted by Crippen LogP contribution is 2.28. The van der Waals surface area contributed by atoms with Crippen molar-refractivity contribution in [3.8, 4) is 0 Å². The second kappa shape index (κ2) is 8.61. The SMILES string of the molecule is CCCN1CC(CN2CCC(Cc3cc(Cl)ccc3Cl)CC2)OC1=O. The van der Waals surface area contributed by atoms with Gasteiger partial charge in [-0.15, -0.1) is 0 Å². The van der Waals surface area contributed by atoms with E-state index in [1.54, 1.807) is 0 Å². The van der Waals surface area contributed by atoms with Gasteiger partial charge in [0.2, 0.25) is 0 Å². The highest BCUT2D eigenvalue weighted by Gasteiger charge is 2.32. The van der Waals surface area contributed by atoms with Gasteiger partial charge in [-0.2, -0.15) is 0 Å². The Hall–Kier alpha value is -0.970. The fourth-order valence-corrected chi connectivity index (χ4v) is 4.18. The summed E-state index contributed by atoms with van der Waals surface area (Å²) in [4.78, 5) is 16.0. The zero-order valence-corrected chi connectivity index (χ0v) is 16.2. The van der Waals surface area contributed by atoms with Crippen molar-refractivity contribution in [2.45, 2.75) is 38.7 Å². The van der Waals surface area contributed by atoms with Crippen LogP contribution in [-0.2, 0) is 11.2 Å². The number of amides is 1. The van der Waals surface area contributed by atoms with Crippen molar-refractivity contribution in [3.63, 3.8) is 0 Å². The first-order valence-electron chi connectivity index (χ1n) is 9.17. The summed E-state index contributed by atoms with van der Waals surface area (Å²) in [5.41, 5.74) is 1.15. The number of hydrogen-bond acceptors (Lipinski definition) is 3. The molecular formula is C19H26Cl2N2O2. The van der Waals surface area contributed by atoms with Crippen LogP contribution in [0.3, 0.4) is 0 Å². The lowest BCUT2D eigenvalue weighted by Gasteiger charge is -2.33. The number of benzene rings is 1. The number of hydrogen-bond donors (Lipinski definition) is 0. The number of halogens is 2. The highest BCUT2D eigenvalue weighted by molar-refractivity contribution is 6.33. The molecule has 1 unspecified atom stereocenters. The van der Waals surface area contributed by atoms with Gasteiger partial charge >= 0.3 is 6.09 Å². The normalized spacial score (nSPS) is 22.4. The molecule has 0 radical (unpaired) electrons. The minimum absolute atomic E-state index is 0.0120. The lowest BCUT2D eigenvalue weighted by molar-refractivity contribution is 0.0905. The van der Waals surface area contributed by atoms with E-state index < -0.39 is 0 Å². The molecule has 0 aliphatic carbocycles. The van der Waals surface area contributed by atoms with E-state index in [2.05, 4.69) is 11.8 Å². The third-order valence-corrected chi connectivity index (χ3v) is 5.73. The van der Waals surface area contributed by atoms with Gasteiger partial charge in [-0.25, -0.2) is 4.79 Å². The van der Waals surface area contributed by atoms with Gasteiger partial charge in [0, 0.05) is 23.1 Å². The van der Waals surface area contributed by atoms with Crippen LogP contribution in [0, 0.1) is 5.92 Å². The summed E-state index contributed by atoms with van der Waals surface area (Å²) in [6.45, 7) is 6.53. The van der Waals surface area contributed by atoms with Gasteiger partial charge in [0.05, 0.1) is 6.54 Å². The van der Waals surface area contributed by atoms with Crippen LogP contribution in [0.5, 0.6) is 0 Å². The molecule has 1 aromatic carbocycles. The first kappa shape index (κ1) is 18.8. The van der Waals surface area contributed by atoms with Crippen LogP contribution in [0.4, 0.5) is 4.79 Å². The monoisotopic (exact) mass is 384 g/mol. The zero-order chi connectivity index (χ0) is 17.8. The number of carbonyl (C=O) groups excluding carboxylic acids is 1. The number of carbonyl (C=O) groups is 1. The average Bonchev–Trinajstić information content (AvgIpc) is 2.93. The zero-order valence-electron chi connectivity index (χ0n) is 14.7. The van der Waals surface area contributed by atoms with E-state index in [0.717, 1.165) is 74.0 Å². The van der Waals surface area contributed by atoms with Gasteiger partial charge in [-0.05, 0) is 68.5 Å². The van der Waals surface area contributed by atoms with Crippen molar-refractivity contribution < 1.29 is 9.53 Å². The second-order valence-corrected chi connectivity index (χ2v) is 7.98. The maximum atomic E-state index is 11.8. The predicted octanol–water partition coefficient (Wildman–Crippen LogP) is 4.48. The molecule has 6 heteroatoms. The molecule has 1 atom stereocenters. The Balaban J connectivity index is 1.45. The van der Waals surface area contributed by atoms with Gasteiger partial charge in [0.15, 0.2) is 0 Å². The third kappa shape index (κ3) is 5.02. The molecule has 3 rings (SSSR count). The molecule has 2 saturated heterocycles. The quantitative estimate of drug-likeness (QED) is 0.724. The molecular weight excluding hydrogens is 359 g/mol. The molecule has 2 aliphatic heterocycles. The summed E-state index contributed by atoms with van der Waals surface area (Å²) >= 11 is 12.4. The fraction of sp³-hybridized carbons (Fsp3) is 0.632. The molecule has 0 aromatic heterocycles. The van der Waals surface area contributed by atoms with Gasteiger partial charge in [0.25, 0.3) is 0 Å². The smallest absolute Gasteiger partial charge is 0.410 e. The van der Waals surface area contributed by atoms with Gasteiger partial charge in [-0.3, -0.25) is 4.90 Å². The molecule has 2 heterocycles. The van der Waals surface area contributed by atoms with Crippen molar-refractivity contribution in [1.29, 1.82) is 0 Å². The molecule has 0 N–H and O–H groups in total. The van der Waals surface area contributed by atoms with Crippen LogP contribution in [0.2, 0.25) is 10.0 Å². The van der Waals surface area contributed by atoms with Crippen LogP contribution < -0.4 is 0 Å². The molecule has 25 heavy (non-hydrogen) atoms. The van der Waals surface area contributed by atoms with E-state index in [9.17, 15) is 4.79 Å². The molecule has 2 fully saturated rings. The topological polar surface area (TPSA) is 32.8 Å². The average molecular weight is 385 g/mol. The Bertz CT molecular complexity index is 603. The van der Waals surface area contributed by atoms with Crippen LogP contribution in [0.15, 0.2) is 18.2 Å². The summed E-state index contributed by atoms with van der Waals surface area (Å²) in [7, 11) is 0. The number of nitrogens with zero attached hydrogens (tertiary/aromatic N) is 2. The van der Waals surface area contributed by atoms with Crippen molar-refractivity contribution in [1.82, 2.24) is 9.80 Å². The van der Waals surface area contributed by atoms with Crippen LogP contribution in [0.25, 0.3) is 0 Å². The summed E-state index contributed by atoms with van der Waals surface area (Å²) in [5, 5.41) is 1.55. The Morgan fingerprint density at radius 3 is 2.72 bits per heavy atom. The first-order valence-corrected chi connectivity index (χ1v) is 9.92. The minimum Gasteiger partial charge on any atom is -0.443 e. The van der Waals surface area contributed by atoms with E-state index in [1.165, 1.54) is 0 Å². The largest absolute Gasteiger partial charge is 0.443 e. The predicted molar refractivity (Wildman–Crippen MR) is 101 cm³/mol. The fourth-order valence-electron chi connectivity index (χ4n) is 3.79. The number of piperidine rings is 1. The summed E-state index contributed by atoms with van der Waals surface area (Å²) < 4.78 is 5.49. The standard InChI is InChI=1S/C19H26Cl2N2O2/c1-2-7-23-13-17(25-19(23)24)12-22-8-5-14(6-9-22)10-15-11-16(20)3-4-18(15)21/h3-4,11,14,17H,2,5-10,12-13H2,1H3. The van der Waals surface area contributed by atoms with Crippen molar-refractivity contribution >= 4 is 29.3 Å². The van der Waals surface area contributed by atoms with E-state index in [4.69, 9.17) is 27.9 Å². The number of rotatable bonds is 6. The molecule has 2 aliphatic rings. The van der Waals surface area contributed by atoms with E-state index >= 15 is 0 Å². The van der Waals surface area contributed by atoms with Crippen LogP contribution in [-0.4, -0.2) is 54.7 Å². The van der Waals surface area contributed by atoms with E-state index in [0.29, 0.717) is 5.92 Å². The molecule has 0 spiro atoms. The van der Waals surface area contributed by atoms with E-state index in [-0.39, 0.29) is 12.2 Å². The molecule has 0 saturated carbocycles. The van der Waals surface area contributed by atoms with Crippen molar-refractivity contribution in [3.05, 3.63) is 33.8 Å². The maximum absolute atomic E-state index is 11.8. The van der Waals surface area contributed by atoms with Crippen molar-refractivity contribution in [2.24, 2.45) is 5.92 Å². The number of likely N-dealkylation sites (tertiary alicyclic amines) is 1. The Labute approximate surface area is 160 Å². The summed E-state index contributed by atoms with van der Waals surface area (Å²) in [5.74, 6) is 0.634. The number of cyclic esters (lactones) is 1. The van der Waals surface area contributed by atoms with Crippen molar-refractivity contribution in [2.75, 3.05) is 32.7 Å². The van der Waals surface area contributed by atoms with E-state index in [1.807, 2.05) is 23.1 Å². The Kier molecular flexibility index (Phi) is 6.48.